The first-order valence-corrected chi connectivity index (χ1v) is 8.04. The molecule has 2 rings (SSSR count). The lowest BCUT2D eigenvalue weighted by Gasteiger charge is -2.33. The molecule has 1 aromatic carbocycles. The lowest BCUT2D eigenvalue weighted by Crippen LogP contribution is -2.51. The quantitative estimate of drug-likeness (QED) is 0.855. The van der Waals surface area contributed by atoms with Crippen LogP contribution in [0.3, 0.4) is 0 Å². The maximum atomic E-state index is 12.4. The molecule has 0 saturated carbocycles. The van der Waals surface area contributed by atoms with Crippen LogP contribution >= 0.6 is 0 Å². The fourth-order valence-electron chi connectivity index (χ4n) is 2.87. The average molecular weight is 335 g/mol. The van der Waals surface area contributed by atoms with Gasteiger partial charge in [0.05, 0.1) is 14.2 Å². The molecule has 1 aromatic rings. The maximum absolute atomic E-state index is 12.4. The Bertz CT molecular complexity index is 591. The number of urea groups is 1. The number of ether oxygens (including phenoxy) is 2. The molecule has 132 valence electrons. The van der Waals surface area contributed by atoms with Crippen molar-refractivity contribution in [1.29, 1.82) is 0 Å². The molecule has 0 radical (unpaired) electrons. The molecule has 7 nitrogen and oxygen atoms in total. The van der Waals surface area contributed by atoms with Crippen molar-refractivity contribution in [3.8, 4) is 11.5 Å². The minimum atomic E-state index is -0.144. The number of amides is 3. The Morgan fingerprint density at radius 3 is 2.75 bits per heavy atom. The van der Waals surface area contributed by atoms with Gasteiger partial charge in [0, 0.05) is 38.2 Å². The Balaban J connectivity index is 1.94. The van der Waals surface area contributed by atoms with Crippen LogP contribution in [-0.2, 0) is 11.3 Å². The summed E-state index contributed by atoms with van der Waals surface area (Å²) >= 11 is 0. The SMILES string of the molecule is COc1ccc(OC)c(CNC(=O)N2CCC[C@H](NC(C)=O)C2)c1. The van der Waals surface area contributed by atoms with Crippen LogP contribution in [0.4, 0.5) is 4.79 Å². The average Bonchev–Trinajstić information content (AvgIpc) is 2.59. The summed E-state index contributed by atoms with van der Waals surface area (Å²) in [5, 5.41) is 5.78. The third-order valence-corrected chi connectivity index (χ3v) is 4.03. The molecule has 1 aliphatic rings. The first kappa shape index (κ1) is 17.9. The van der Waals surface area contributed by atoms with Gasteiger partial charge in [0.2, 0.25) is 5.91 Å². The van der Waals surface area contributed by atoms with E-state index < -0.39 is 0 Å². The van der Waals surface area contributed by atoms with Crippen molar-refractivity contribution in [3.63, 3.8) is 0 Å². The molecule has 0 bridgehead atoms. The summed E-state index contributed by atoms with van der Waals surface area (Å²) in [4.78, 5) is 25.3. The van der Waals surface area contributed by atoms with E-state index in [-0.39, 0.29) is 18.0 Å². The number of methoxy groups -OCH3 is 2. The van der Waals surface area contributed by atoms with Crippen molar-refractivity contribution in [2.75, 3.05) is 27.3 Å². The lowest BCUT2D eigenvalue weighted by atomic mass is 10.1. The van der Waals surface area contributed by atoms with Crippen molar-refractivity contribution < 1.29 is 19.1 Å². The fourth-order valence-corrected chi connectivity index (χ4v) is 2.87. The predicted octanol–water partition coefficient (Wildman–Crippen LogP) is 1.51. The minimum absolute atomic E-state index is 0.0216. The van der Waals surface area contributed by atoms with Gasteiger partial charge in [-0.25, -0.2) is 4.79 Å². The molecular weight excluding hydrogens is 310 g/mol. The summed E-state index contributed by atoms with van der Waals surface area (Å²) in [6, 6.07) is 5.35. The molecule has 0 unspecified atom stereocenters. The first-order valence-electron chi connectivity index (χ1n) is 8.04. The van der Waals surface area contributed by atoms with E-state index >= 15 is 0 Å². The number of carbonyl (C=O) groups is 2. The van der Waals surface area contributed by atoms with Crippen molar-refractivity contribution in [2.45, 2.75) is 32.4 Å². The Morgan fingerprint density at radius 1 is 1.29 bits per heavy atom. The molecule has 3 amide bonds. The number of benzene rings is 1. The minimum Gasteiger partial charge on any atom is -0.497 e. The summed E-state index contributed by atoms with van der Waals surface area (Å²) < 4.78 is 10.5. The second kappa shape index (κ2) is 8.42. The van der Waals surface area contributed by atoms with Gasteiger partial charge in [0.25, 0.3) is 0 Å². The number of hydrogen-bond donors (Lipinski definition) is 2. The highest BCUT2D eigenvalue weighted by Gasteiger charge is 2.24. The summed E-state index contributed by atoms with van der Waals surface area (Å²) in [6.07, 6.45) is 1.77. The van der Waals surface area contributed by atoms with E-state index in [1.54, 1.807) is 19.1 Å². The number of nitrogens with zero attached hydrogens (tertiary/aromatic N) is 1. The fraction of sp³-hybridized carbons (Fsp3) is 0.529. The van der Waals surface area contributed by atoms with Gasteiger partial charge >= 0.3 is 6.03 Å². The van der Waals surface area contributed by atoms with Crippen LogP contribution in [0.5, 0.6) is 11.5 Å². The zero-order valence-electron chi connectivity index (χ0n) is 14.4. The molecule has 0 aromatic heterocycles. The summed E-state index contributed by atoms with van der Waals surface area (Å²) in [5.41, 5.74) is 0.848. The Kier molecular flexibility index (Phi) is 6.28. The van der Waals surface area contributed by atoms with Crippen LogP contribution in [0.2, 0.25) is 0 Å². The monoisotopic (exact) mass is 335 g/mol. The lowest BCUT2D eigenvalue weighted by molar-refractivity contribution is -0.119. The highest BCUT2D eigenvalue weighted by Crippen LogP contribution is 2.23. The molecule has 0 aliphatic carbocycles. The number of rotatable bonds is 5. The Labute approximate surface area is 142 Å². The zero-order valence-corrected chi connectivity index (χ0v) is 14.4. The van der Waals surface area contributed by atoms with Gasteiger partial charge in [-0.2, -0.15) is 0 Å². The summed E-state index contributed by atoms with van der Waals surface area (Å²) in [7, 11) is 3.19. The summed E-state index contributed by atoms with van der Waals surface area (Å²) in [5.74, 6) is 1.35. The third-order valence-electron chi connectivity index (χ3n) is 4.03. The van der Waals surface area contributed by atoms with E-state index in [1.165, 1.54) is 6.92 Å². The topological polar surface area (TPSA) is 79.9 Å². The van der Waals surface area contributed by atoms with E-state index in [4.69, 9.17) is 9.47 Å². The molecule has 0 spiro atoms. The van der Waals surface area contributed by atoms with Crippen molar-refractivity contribution in [2.24, 2.45) is 0 Å². The predicted molar refractivity (Wildman–Crippen MR) is 90.2 cm³/mol. The highest BCUT2D eigenvalue weighted by atomic mass is 16.5. The summed E-state index contributed by atoms with van der Waals surface area (Å²) in [6.45, 7) is 3.06. The van der Waals surface area contributed by atoms with Gasteiger partial charge in [0.15, 0.2) is 0 Å². The molecular formula is C17H25N3O4. The van der Waals surface area contributed by atoms with Crippen LogP contribution in [0.15, 0.2) is 18.2 Å². The normalized spacial score (nSPS) is 17.1. The standard InChI is InChI=1S/C17H25N3O4/c1-12(21)19-14-5-4-8-20(11-14)17(22)18-10-13-9-15(23-2)6-7-16(13)24-3/h6-7,9,14H,4-5,8,10-11H2,1-3H3,(H,18,22)(H,19,21)/t14-/m0/s1. The Morgan fingerprint density at radius 2 is 2.08 bits per heavy atom. The van der Waals surface area contributed by atoms with Gasteiger partial charge < -0.3 is 25.0 Å². The largest absolute Gasteiger partial charge is 0.497 e. The number of carbonyl (C=O) groups excluding carboxylic acids is 2. The van der Waals surface area contributed by atoms with Gasteiger partial charge in [-0.3, -0.25) is 4.79 Å². The molecule has 1 atom stereocenters. The number of piperidine rings is 1. The molecule has 1 fully saturated rings. The van der Waals surface area contributed by atoms with Crippen LogP contribution < -0.4 is 20.1 Å². The van der Waals surface area contributed by atoms with E-state index in [2.05, 4.69) is 10.6 Å². The van der Waals surface area contributed by atoms with Crippen LogP contribution in [0.25, 0.3) is 0 Å². The molecule has 1 saturated heterocycles. The Hall–Kier alpha value is -2.44. The smallest absolute Gasteiger partial charge is 0.317 e. The van der Waals surface area contributed by atoms with E-state index in [0.717, 1.165) is 18.4 Å². The molecule has 2 N–H and O–H groups in total. The van der Waals surface area contributed by atoms with Crippen molar-refractivity contribution in [1.82, 2.24) is 15.5 Å². The second-order valence-corrected chi connectivity index (χ2v) is 5.82. The number of likely N-dealkylation sites (tertiary alicyclic amines) is 1. The molecule has 24 heavy (non-hydrogen) atoms. The second-order valence-electron chi connectivity index (χ2n) is 5.82. The number of hydrogen-bond acceptors (Lipinski definition) is 4. The van der Waals surface area contributed by atoms with Crippen LogP contribution in [0.1, 0.15) is 25.3 Å². The maximum Gasteiger partial charge on any atom is 0.317 e. The van der Waals surface area contributed by atoms with Gasteiger partial charge in [-0.05, 0) is 31.0 Å². The highest BCUT2D eigenvalue weighted by molar-refractivity contribution is 5.75. The van der Waals surface area contributed by atoms with E-state index in [0.29, 0.717) is 31.1 Å². The van der Waals surface area contributed by atoms with Gasteiger partial charge in [-0.1, -0.05) is 0 Å². The van der Waals surface area contributed by atoms with E-state index in [1.807, 2.05) is 18.2 Å². The molecule has 7 heteroatoms. The first-order chi connectivity index (χ1) is 11.5. The van der Waals surface area contributed by atoms with Crippen LogP contribution in [0, 0.1) is 0 Å². The molecule has 1 heterocycles. The van der Waals surface area contributed by atoms with Gasteiger partial charge in [-0.15, -0.1) is 0 Å². The van der Waals surface area contributed by atoms with Crippen molar-refractivity contribution in [3.05, 3.63) is 23.8 Å². The van der Waals surface area contributed by atoms with Gasteiger partial charge in [0.1, 0.15) is 11.5 Å². The van der Waals surface area contributed by atoms with E-state index in [9.17, 15) is 9.59 Å². The zero-order chi connectivity index (χ0) is 17.5. The molecule has 1 aliphatic heterocycles. The van der Waals surface area contributed by atoms with Crippen LogP contribution in [-0.4, -0.2) is 50.2 Å². The van der Waals surface area contributed by atoms with Crippen molar-refractivity contribution >= 4 is 11.9 Å². The third kappa shape index (κ3) is 4.78. The number of nitrogens with one attached hydrogen (secondary N) is 2.